The minimum Gasteiger partial charge on any atom is -0.352 e. The Bertz CT molecular complexity index is 704. The number of sulfonamides is 1. The minimum atomic E-state index is -3.67. The van der Waals surface area contributed by atoms with Gasteiger partial charge in [-0.05, 0) is 18.9 Å². The quantitative estimate of drug-likeness (QED) is 0.719. The summed E-state index contributed by atoms with van der Waals surface area (Å²) in [5, 5.41) is 2.84. The standard InChI is InChI=1S/C16H27N3O4S/c1-5-13(6-2)17-15(20)12-18-11-14(9-10-16(18)21)24(22,23)19(7-3)8-4/h9-11,13H,5-8,12H2,1-4H3,(H,17,20). The summed E-state index contributed by atoms with van der Waals surface area (Å²) in [6.45, 7) is 7.92. The SMILES string of the molecule is CCC(CC)NC(=O)Cn1cc(S(=O)(=O)N(CC)CC)ccc1=O. The first-order valence-electron chi connectivity index (χ1n) is 8.30. The molecule has 0 atom stereocenters. The average Bonchev–Trinajstić information content (AvgIpc) is 2.55. The van der Waals surface area contributed by atoms with Crippen molar-refractivity contribution in [3.63, 3.8) is 0 Å². The summed E-state index contributed by atoms with van der Waals surface area (Å²) in [6, 6.07) is 2.52. The molecule has 1 aromatic heterocycles. The number of aromatic nitrogens is 1. The van der Waals surface area contributed by atoms with Crippen LogP contribution in [-0.4, -0.2) is 42.3 Å². The molecule has 1 heterocycles. The van der Waals surface area contributed by atoms with Gasteiger partial charge in [0.15, 0.2) is 0 Å². The smallest absolute Gasteiger partial charge is 0.251 e. The summed E-state index contributed by atoms with van der Waals surface area (Å²) in [5.41, 5.74) is -0.409. The van der Waals surface area contributed by atoms with Crippen LogP contribution in [0.4, 0.5) is 0 Å². The van der Waals surface area contributed by atoms with E-state index in [4.69, 9.17) is 0 Å². The van der Waals surface area contributed by atoms with Gasteiger partial charge in [0.05, 0.1) is 4.90 Å². The fourth-order valence-corrected chi connectivity index (χ4v) is 3.90. The molecular formula is C16H27N3O4S. The lowest BCUT2D eigenvalue weighted by Gasteiger charge is -2.19. The maximum atomic E-state index is 12.5. The van der Waals surface area contributed by atoms with Crippen LogP contribution >= 0.6 is 0 Å². The van der Waals surface area contributed by atoms with E-state index in [1.807, 2.05) is 13.8 Å². The molecule has 0 saturated heterocycles. The first kappa shape index (κ1) is 20.4. The molecule has 1 aromatic rings. The van der Waals surface area contributed by atoms with E-state index in [2.05, 4.69) is 5.32 Å². The lowest BCUT2D eigenvalue weighted by molar-refractivity contribution is -0.122. The second-order valence-corrected chi connectivity index (χ2v) is 7.44. The van der Waals surface area contributed by atoms with Crippen molar-refractivity contribution in [2.24, 2.45) is 0 Å². The molecule has 0 saturated carbocycles. The number of rotatable bonds is 9. The highest BCUT2D eigenvalue weighted by Crippen LogP contribution is 2.13. The second-order valence-electron chi connectivity index (χ2n) is 5.50. The van der Waals surface area contributed by atoms with E-state index in [1.54, 1.807) is 13.8 Å². The van der Waals surface area contributed by atoms with Crippen molar-refractivity contribution in [2.75, 3.05) is 13.1 Å². The number of nitrogens with zero attached hydrogens (tertiary/aromatic N) is 2. The van der Waals surface area contributed by atoms with Crippen LogP contribution in [0.3, 0.4) is 0 Å². The van der Waals surface area contributed by atoms with Crippen LogP contribution in [0.2, 0.25) is 0 Å². The lowest BCUT2D eigenvalue weighted by atomic mass is 10.2. The summed E-state index contributed by atoms with van der Waals surface area (Å²) >= 11 is 0. The van der Waals surface area contributed by atoms with Gasteiger partial charge in [0.25, 0.3) is 5.56 Å². The molecule has 1 rings (SSSR count). The summed E-state index contributed by atoms with van der Waals surface area (Å²) in [7, 11) is -3.67. The van der Waals surface area contributed by atoms with E-state index in [0.29, 0.717) is 13.1 Å². The van der Waals surface area contributed by atoms with Crippen LogP contribution in [0.5, 0.6) is 0 Å². The Morgan fingerprint density at radius 2 is 1.75 bits per heavy atom. The Morgan fingerprint density at radius 3 is 2.25 bits per heavy atom. The van der Waals surface area contributed by atoms with Gasteiger partial charge < -0.3 is 9.88 Å². The first-order chi connectivity index (χ1) is 11.3. The van der Waals surface area contributed by atoms with Crippen molar-refractivity contribution in [2.45, 2.75) is 58.0 Å². The molecule has 136 valence electrons. The maximum Gasteiger partial charge on any atom is 0.251 e. The van der Waals surface area contributed by atoms with Gasteiger partial charge in [-0.3, -0.25) is 9.59 Å². The van der Waals surface area contributed by atoms with Gasteiger partial charge in [-0.15, -0.1) is 0 Å². The molecule has 24 heavy (non-hydrogen) atoms. The third-order valence-electron chi connectivity index (χ3n) is 3.96. The zero-order valence-electron chi connectivity index (χ0n) is 14.8. The van der Waals surface area contributed by atoms with Crippen LogP contribution < -0.4 is 10.9 Å². The third kappa shape index (κ3) is 4.91. The van der Waals surface area contributed by atoms with Gasteiger partial charge in [-0.1, -0.05) is 27.7 Å². The molecule has 0 aliphatic heterocycles. The highest BCUT2D eigenvalue weighted by molar-refractivity contribution is 7.89. The number of carbonyl (C=O) groups is 1. The van der Waals surface area contributed by atoms with Crippen molar-refractivity contribution < 1.29 is 13.2 Å². The Kier molecular flexibility index (Phi) is 7.62. The molecule has 0 spiro atoms. The Balaban J connectivity index is 3.07. The van der Waals surface area contributed by atoms with Crippen LogP contribution in [0, 0.1) is 0 Å². The minimum absolute atomic E-state index is 0.0149. The first-order valence-corrected chi connectivity index (χ1v) is 9.74. The molecule has 0 bridgehead atoms. The molecule has 8 heteroatoms. The van der Waals surface area contributed by atoms with E-state index in [9.17, 15) is 18.0 Å². The molecular weight excluding hydrogens is 330 g/mol. The normalized spacial score (nSPS) is 11.9. The number of pyridine rings is 1. The van der Waals surface area contributed by atoms with E-state index in [-0.39, 0.29) is 23.4 Å². The number of hydrogen-bond donors (Lipinski definition) is 1. The molecule has 7 nitrogen and oxygen atoms in total. The van der Waals surface area contributed by atoms with Crippen LogP contribution in [0.25, 0.3) is 0 Å². The van der Waals surface area contributed by atoms with Gasteiger partial charge in [-0.25, -0.2) is 8.42 Å². The van der Waals surface area contributed by atoms with Crippen molar-refractivity contribution >= 4 is 15.9 Å². The van der Waals surface area contributed by atoms with Crippen LogP contribution in [0.15, 0.2) is 28.0 Å². The fourth-order valence-electron chi connectivity index (χ4n) is 2.42. The summed E-state index contributed by atoms with van der Waals surface area (Å²) < 4.78 is 27.5. The lowest BCUT2D eigenvalue weighted by Crippen LogP contribution is -2.38. The fraction of sp³-hybridized carbons (Fsp3) is 0.625. The highest BCUT2D eigenvalue weighted by Gasteiger charge is 2.22. The zero-order valence-corrected chi connectivity index (χ0v) is 15.6. The number of nitrogens with one attached hydrogen (secondary N) is 1. The van der Waals surface area contributed by atoms with Crippen molar-refractivity contribution in [3.05, 3.63) is 28.7 Å². The molecule has 1 amide bonds. The molecule has 0 aromatic carbocycles. The molecule has 0 aliphatic carbocycles. The summed E-state index contributed by atoms with van der Waals surface area (Å²) in [4.78, 5) is 24.0. The van der Waals surface area contributed by atoms with Crippen molar-refractivity contribution in [1.29, 1.82) is 0 Å². The molecule has 0 aliphatic rings. The number of amides is 1. The summed E-state index contributed by atoms with van der Waals surface area (Å²) in [6.07, 6.45) is 2.84. The third-order valence-corrected chi connectivity index (χ3v) is 6.00. The van der Waals surface area contributed by atoms with E-state index < -0.39 is 15.6 Å². The largest absolute Gasteiger partial charge is 0.352 e. The van der Waals surface area contributed by atoms with Gasteiger partial charge in [0, 0.05) is 31.4 Å². The average molecular weight is 357 g/mol. The Labute approximate surface area is 143 Å². The molecule has 0 unspecified atom stereocenters. The van der Waals surface area contributed by atoms with Gasteiger partial charge >= 0.3 is 0 Å². The highest BCUT2D eigenvalue weighted by atomic mass is 32.2. The topological polar surface area (TPSA) is 88.5 Å². The Hall–Kier alpha value is -1.67. The second kappa shape index (κ2) is 8.98. The van der Waals surface area contributed by atoms with Gasteiger partial charge in [-0.2, -0.15) is 4.31 Å². The molecule has 0 fully saturated rings. The van der Waals surface area contributed by atoms with Crippen LogP contribution in [-0.2, 0) is 21.4 Å². The molecule has 0 radical (unpaired) electrons. The van der Waals surface area contributed by atoms with Crippen molar-refractivity contribution in [1.82, 2.24) is 14.2 Å². The predicted octanol–water partition coefficient (Wildman–Crippen LogP) is 1.18. The zero-order chi connectivity index (χ0) is 18.3. The van der Waals surface area contributed by atoms with E-state index >= 15 is 0 Å². The van der Waals surface area contributed by atoms with E-state index in [0.717, 1.165) is 17.4 Å². The number of carbonyl (C=O) groups excluding carboxylic acids is 1. The Morgan fingerprint density at radius 1 is 1.17 bits per heavy atom. The maximum absolute atomic E-state index is 12.5. The molecule has 1 N–H and O–H groups in total. The predicted molar refractivity (Wildman–Crippen MR) is 93.3 cm³/mol. The van der Waals surface area contributed by atoms with E-state index in [1.165, 1.54) is 22.6 Å². The van der Waals surface area contributed by atoms with Gasteiger partial charge in [0.1, 0.15) is 6.54 Å². The number of hydrogen-bond acceptors (Lipinski definition) is 4. The van der Waals surface area contributed by atoms with Gasteiger partial charge in [0.2, 0.25) is 15.9 Å². The monoisotopic (exact) mass is 357 g/mol. The summed E-state index contributed by atoms with van der Waals surface area (Å²) in [5.74, 6) is -0.303. The van der Waals surface area contributed by atoms with Crippen molar-refractivity contribution in [3.8, 4) is 0 Å². The van der Waals surface area contributed by atoms with Crippen LogP contribution in [0.1, 0.15) is 40.5 Å².